The number of hydrogen-bond donors (Lipinski definition) is 2. The molecule has 6 nitrogen and oxygen atoms in total. The second-order valence-electron chi connectivity index (χ2n) is 4.84. The number of carbonyl (C=O) groups excluding carboxylic acids is 1. The zero-order valence-corrected chi connectivity index (χ0v) is 11.9. The zero-order chi connectivity index (χ0) is 15.4. The average Bonchev–Trinajstić information content (AvgIpc) is 2.49. The van der Waals surface area contributed by atoms with Crippen LogP contribution in [0.5, 0.6) is 0 Å². The Kier molecular flexibility index (Phi) is 4.66. The number of carboxylic acid groups (broad SMARTS) is 1. The van der Waals surface area contributed by atoms with Gasteiger partial charge in [-0.1, -0.05) is 11.6 Å². The highest BCUT2D eigenvalue weighted by Gasteiger charge is 2.27. The number of urea groups is 1. The molecular weight excluding hydrogens is 294 g/mol. The van der Waals surface area contributed by atoms with Gasteiger partial charge in [-0.2, -0.15) is 5.26 Å². The summed E-state index contributed by atoms with van der Waals surface area (Å²) in [6, 6.07) is 6.26. The quantitative estimate of drug-likeness (QED) is 0.878. The van der Waals surface area contributed by atoms with Crippen LogP contribution in [-0.2, 0) is 4.79 Å². The number of carbonyl (C=O) groups is 2. The molecule has 7 heteroatoms. The molecule has 1 aromatic carbocycles. The van der Waals surface area contributed by atoms with Gasteiger partial charge in [-0.3, -0.25) is 4.79 Å². The van der Waals surface area contributed by atoms with Gasteiger partial charge in [0, 0.05) is 13.1 Å². The third-order valence-corrected chi connectivity index (χ3v) is 3.80. The van der Waals surface area contributed by atoms with Gasteiger partial charge in [0.2, 0.25) is 0 Å². The third kappa shape index (κ3) is 3.64. The van der Waals surface area contributed by atoms with Crippen molar-refractivity contribution in [3.05, 3.63) is 28.8 Å². The first-order chi connectivity index (χ1) is 10.0. The molecule has 0 spiro atoms. The summed E-state index contributed by atoms with van der Waals surface area (Å²) in [5, 5.41) is 20.8. The van der Waals surface area contributed by atoms with Gasteiger partial charge in [0.25, 0.3) is 0 Å². The summed E-state index contributed by atoms with van der Waals surface area (Å²) in [5.41, 5.74) is 0.778. The Morgan fingerprint density at radius 1 is 1.38 bits per heavy atom. The summed E-state index contributed by atoms with van der Waals surface area (Å²) < 4.78 is 0. The number of benzene rings is 1. The summed E-state index contributed by atoms with van der Waals surface area (Å²) in [7, 11) is 0. The van der Waals surface area contributed by atoms with Crippen molar-refractivity contribution in [2.45, 2.75) is 12.8 Å². The van der Waals surface area contributed by atoms with E-state index in [1.54, 1.807) is 17.0 Å². The van der Waals surface area contributed by atoms with Gasteiger partial charge in [0.1, 0.15) is 0 Å². The molecule has 2 amide bonds. The molecule has 1 aliphatic rings. The first-order valence-corrected chi connectivity index (χ1v) is 6.87. The number of hydrogen-bond acceptors (Lipinski definition) is 3. The van der Waals surface area contributed by atoms with E-state index in [-0.39, 0.29) is 11.9 Å². The van der Waals surface area contributed by atoms with Crippen LogP contribution in [0.25, 0.3) is 0 Å². The maximum absolute atomic E-state index is 12.1. The molecule has 2 N–H and O–H groups in total. The lowest BCUT2D eigenvalue weighted by Gasteiger charge is -2.30. The van der Waals surface area contributed by atoms with Crippen LogP contribution in [-0.4, -0.2) is 35.1 Å². The summed E-state index contributed by atoms with van der Waals surface area (Å²) in [6.07, 6.45) is 0.878. The monoisotopic (exact) mass is 307 g/mol. The fraction of sp³-hybridized carbons (Fsp3) is 0.357. The lowest BCUT2D eigenvalue weighted by atomic mass is 9.97. The summed E-state index contributed by atoms with van der Waals surface area (Å²) >= 11 is 5.98. The fourth-order valence-electron chi connectivity index (χ4n) is 2.21. The van der Waals surface area contributed by atoms with E-state index in [9.17, 15) is 9.59 Å². The maximum atomic E-state index is 12.1. The second kappa shape index (κ2) is 6.46. The minimum atomic E-state index is -0.820. The van der Waals surface area contributed by atoms with E-state index < -0.39 is 5.97 Å². The van der Waals surface area contributed by atoms with Crippen LogP contribution in [0.3, 0.4) is 0 Å². The number of piperidine rings is 1. The number of rotatable bonds is 2. The Labute approximate surface area is 126 Å². The molecule has 21 heavy (non-hydrogen) atoms. The molecule has 2 rings (SSSR count). The van der Waals surface area contributed by atoms with Crippen molar-refractivity contribution in [2.24, 2.45) is 5.92 Å². The number of likely N-dealkylation sites (tertiary alicyclic amines) is 1. The van der Waals surface area contributed by atoms with Gasteiger partial charge >= 0.3 is 12.0 Å². The lowest BCUT2D eigenvalue weighted by Crippen LogP contribution is -2.42. The van der Waals surface area contributed by atoms with Gasteiger partial charge in [-0.15, -0.1) is 0 Å². The van der Waals surface area contributed by atoms with Gasteiger partial charge in [-0.05, 0) is 31.0 Å². The predicted octanol–water partition coefficient (Wildman–Crippen LogP) is 2.54. The lowest BCUT2D eigenvalue weighted by molar-refractivity contribution is -0.143. The van der Waals surface area contributed by atoms with Crippen molar-refractivity contribution >= 4 is 29.3 Å². The van der Waals surface area contributed by atoms with E-state index in [1.807, 2.05) is 6.07 Å². The van der Waals surface area contributed by atoms with E-state index in [0.717, 1.165) is 0 Å². The fourth-order valence-corrected chi connectivity index (χ4v) is 2.38. The van der Waals surface area contributed by atoms with Crippen LogP contribution in [0, 0.1) is 17.2 Å². The summed E-state index contributed by atoms with van der Waals surface area (Å²) in [6.45, 7) is 0.775. The van der Waals surface area contributed by atoms with E-state index >= 15 is 0 Å². The predicted molar refractivity (Wildman–Crippen MR) is 77.1 cm³/mol. The van der Waals surface area contributed by atoms with E-state index in [4.69, 9.17) is 22.0 Å². The zero-order valence-electron chi connectivity index (χ0n) is 11.2. The molecule has 110 valence electrons. The normalized spacial score (nSPS) is 15.3. The van der Waals surface area contributed by atoms with Crippen LogP contribution in [0.4, 0.5) is 10.5 Å². The number of carboxylic acids is 1. The molecule has 1 aliphatic heterocycles. The van der Waals surface area contributed by atoms with Crippen molar-refractivity contribution in [3.63, 3.8) is 0 Å². The number of aliphatic carboxylic acids is 1. The number of nitriles is 1. The van der Waals surface area contributed by atoms with Crippen LogP contribution < -0.4 is 5.32 Å². The van der Waals surface area contributed by atoms with Crippen LogP contribution >= 0.6 is 11.6 Å². The summed E-state index contributed by atoms with van der Waals surface area (Å²) in [4.78, 5) is 24.5. The number of nitrogens with zero attached hydrogens (tertiary/aromatic N) is 2. The van der Waals surface area contributed by atoms with Crippen LogP contribution in [0.2, 0.25) is 5.02 Å². The largest absolute Gasteiger partial charge is 0.481 e. The minimum Gasteiger partial charge on any atom is -0.481 e. The number of nitrogens with one attached hydrogen (secondary N) is 1. The van der Waals surface area contributed by atoms with E-state index in [2.05, 4.69) is 5.32 Å². The van der Waals surface area contributed by atoms with Gasteiger partial charge in [0.15, 0.2) is 0 Å². The molecule has 0 saturated carbocycles. The first-order valence-electron chi connectivity index (χ1n) is 6.49. The molecule has 0 aromatic heterocycles. The minimum absolute atomic E-state index is 0.337. The molecule has 1 fully saturated rings. The van der Waals surface area contributed by atoms with Crippen LogP contribution in [0.1, 0.15) is 18.4 Å². The van der Waals surface area contributed by atoms with Crippen molar-refractivity contribution in [1.29, 1.82) is 5.26 Å². The van der Waals surface area contributed by atoms with Gasteiger partial charge < -0.3 is 15.3 Å². The molecule has 0 bridgehead atoms. The Morgan fingerprint density at radius 3 is 2.62 bits per heavy atom. The molecule has 1 saturated heterocycles. The standard InChI is InChI=1S/C14H14ClN3O3/c15-11-2-1-9(8-16)7-12(11)17-14(21)18-5-3-10(4-6-18)13(19)20/h1-2,7,10H,3-6H2,(H,17,21)(H,19,20). The van der Waals surface area contributed by atoms with Crippen molar-refractivity contribution in [1.82, 2.24) is 4.90 Å². The molecular formula is C14H14ClN3O3. The summed E-state index contributed by atoms with van der Waals surface area (Å²) in [5.74, 6) is -1.21. The molecule has 0 unspecified atom stereocenters. The Balaban J connectivity index is 2.00. The van der Waals surface area contributed by atoms with Crippen molar-refractivity contribution in [2.75, 3.05) is 18.4 Å². The highest BCUT2D eigenvalue weighted by Crippen LogP contribution is 2.24. The Morgan fingerprint density at radius 2 is 2.05 bits per heavy atom. The van der Waals surface area contributed by atoms with Crippen LogP contribution in [0.15, 0.2) is 18.2 Å². The van der Waals surface area contributed by atoms with E-state index in [1.165, 1.54) is 6.07 Å². The SMILES string of the molecule is N#Cc1ccc(Cl)c(NC(=O)N2CCC(C(=O)O)CC2)c1. The first kappa shape index (κ1) is 15.1. The molecule has 0 atom stereocenters. The van der Waals surface area contributed by atoms with E-state index in [0.29, 0.717) is 42.2 Å². The Hall–Kier alpha value is -2.26. The topological polar surface area (TPSA) is 93.4 Å². The van der Waals surface area contributed by atoms with Gasteiger partial charge in [-0.25, -0.2) is 4.79 Å². The van der Waals surface area contributed by atoms with Crippen molar-refractivity contribution < 1.29 is 14.7 Å². The molecule has 1 heterocycles. The van der Waals surface area contributed by atoms with Crippen molar-refractivity contribution in [3.8, 4) is 6.07 Å². The third-order valence-electron chi connectivity index (χ3n) is 3.47. The maximum Gasteiger partial charge on any atom is 0.321 e. The Bertz CT molecular complexity index is 604. The number of anilines is 1. The number of halogens is 1. The second-order valence-corrected chi connectivity index (χ2v) is 5.24. The number of amides is 2. The van der Waals surface area contributed by atoms with Gasteiger partial charge in [0.05, 0.1) is 28.3 Å². The molecule has 0 radical (unpaired) electrons. The average molecular weight is 308 g/mol. The molecule has 0 aliphatic carbocycles. The molecule has 1 aromatic rings. The highest BCUT2D eigenvalue weighted by molar-refractivity contribution is 6.33. The smallest absolute Gasteiger partial charge is 0.321 e. The highest BCUT2D eigenvalue weighted by atomic mass is 35.5.